The van der Waals surface area contributed by atoms with E-state index in [1.807, 2.05) is 0 Å². The second-order valence-electron chi connectivity index (χ2n) is 3.79. The Bertz CT molecular complexity index is 411. The third kappa shape index (κ3) is 4.18. The van der Waals surface area contributed by atoms with Gasteiger partial charge in [-0.05, 0) is 18.6 Å². The molecule has 0 radical (unpaired) electrons. The molecule has 100 valence electrons. The Morgan fingerprint density at radius 1 is 1.56 bits per heavy atom. The molecule has 1 rings (SSSR count). The van der Waals surface area contributed by atoms with Crippen molar-refractivity contribution in [3.05, 3.63) is 28.8 Å². The molecule has 0 spiro atoms. The van der Waals surface area contributed by atoms with Gasteiger partial charge in [-0.25, -0.2) is 4.79 Å². The number of ether oxygens (including phenoxy) is 1. The van der Waals surface area contributed by atoms with E-state index in [0.717, 1.165) is 0 Å². The lowest BCUT2D eigenvalue weighted by atomic mass is 10.1. The normalized spacial score (nSPS) is 12.2. The number of aliphatic hydroxyl groups excluding tert-OH is 1. The number of benzene rings is 1. The first kappa shape index (κ1) is 14.8. The van der Waals surface area contributed by atoms with Gasteiger partial charge in [0.25, 0.3) is 0 Å². The van der Waals surface area contributed by atoms with E-state index >= 15 is 0 Å². The molecule has 1 aromatic carbocycles. The molecule has 1 atom stereocenters. The molecule has 0 aliphatic carbocycles. The Labute approximate surface area is 110 Å². The van der Waals surface area contributed by atoms with E-state index in [1.165, 1.54) is 13.2 Å². The van der Waals surface area contributed by atoms with Crippen molar-refractivity contribution in [1.29, 1.82) is 0 Å². The summed E-state index contributed by atoms with van der Waals surface area (Å²) in [5, 5.41) is 21.6. The van der Waals surface area contributed by atoms with Crippen LogP contribution in [0, 0.1) is 0 Å². The molecule has 0 amide bonds. The van der Waals surface area contributed by atoms with Crippen LogP contribution >= 0.6 is 11.6 Å². The van der Waals surface area contributed by atoms with E-state index in [2.05, 4.69) is 5.32 Å². The van der Waals surface area contributed by atoms with Gasteiger partial charge in [-0.2, -0.15) is 0 Å². The van der Waals surface area contributed by atoms with E-state index in [4.69, 9.17) is 21.4 Å². The molecule has 1 unspecified atom stereocenters. The molecule has 0 bridgehead atoms. The van der Waals surface area contributed by atoms with Gasteiger partial charge in [0.2, 0.25) is 0 Å². The van der Waals surface area contributed by atoms with Crippen molar-refractivity contribution in [1.82, 2.24) is 0 Å². The fourth-order valence-electron chi connectivity index (χ4n) is 1.54. The van der Waals surface area contributed by atoms with Crippen LogP contribution in [0.4, 0.5) is 5.69 Å². The maximum atomic E-state index is 11.0. The van der Waals surface area contributed by atoms with Crippen LogP contribution in [0.5, 0.6) is 0 Å². The Morgan fingerprint density at radius 2 is 2.28 bits per heavy atom. The lowest BCUT2D eigenvalue weighted by Crippen LogP contribution is -2.19. The predicted octanol–water partition coefficient (Wildman–Crippen LogP) is 1.85. The van der Waals surface area contributed by atoms with Crippen molar-refractivity contribution in [3.63, 3.8) is 0 Å². The van der Waals surface area contributed by atoms with Gasteiger partial charge in [0.05, 0.1) is 23.4 Å². The average Bonchev–Trinajstić information content (AvgIpc) is 2.28. The number of methoxy groups -OCH3 is 1. The first-order chi connectivity index (χ1) is 8.56. The quantitative estimate of drug-likeness (QED) is 0.707. The van der Waals surface area contributed by atoms with Crippen molar-refractivity contribution in [3.8, 4) is 0 Å². The highest BCUT2D eigenvalue weighted by atomic mass is 35.5. The number of nitrogens with one attached hydrogen (secondary N) is 1. The average molecular weight is 274 g/mol. The highest BCUT2D eigenvalue weighted by Crippen LogP contribution is 2.24. The topological polar surface area (TPSA) is 78.8 Å². The number of carboxylic acids is 1. The molecule has 0 saturated heterocycles. The van der Waals surface area contributed by atoms with Gasteiger partial charge in [0, 0.05) is 13.7 Å². The highest BCUT2D eigenvalue weighted by Gasteiger charge is 2.14. The summed E-state index contributed by atoms with van der Waals surface area (Å²) in [6.07, 6.45) is -0.116. The predicted molar refractivity (Wildman–Crippen MR) is 69.4 cm³/mol. The van der Waals surface area contributed by atoms with Crippen LogP contribution in [0.25, 0.3) is 0 Å². The Kier molecular flexibility index (Phi) is 5.91. The van der Waals surface area contributed by atoms with Gasteiger partial charge < -0.3 is 20.3 Å². The van der Waals surface area contributed by atoms with E-state index in [9.17, 15) is 9.90 Å². The van der Waals surface area contributed by atoms with Gasteiger partial charge in [-0.3, -0.25) is 0 Å². The fourth-order valence-corrected chi connectivity index (χ4v) is 1.79. The zero-order valence-electron chi connectivity index (χ0n) is 10.0. The number of carbonyl (C=O) groups is 1. The van der Waals surface area contributed by atoms with Gasteiger partial charge in [-0.1, -0.05) is 17.7 Å². The molecule has 6 heteroatoms. The molecule has 0 aliphatic heterocycles. The minimum absolute atomic E-state index is 0.0420. The maximum absolute atomic E-state index is 11.0. The van der Waals surface area contributed by atoms with Crippen molar-refractivity contribution in [2.24, 2.45) is 0 Å². The minimum Gasteiger partial charge on any atom is -0.478 e. The summed E-state index contributed by atoms with van der Waals surface area (Å²) in [4.78, 5) is 11.0. The molecule has 0 saturated carbocycles. The summed E-state index contributed by atoms with van der Waals surface area (Å²) in [7, 11) is 1.51. The second kappa shape index (κ2) is 7.20. The number of hydrogen-bond acceptors (Lipinski definition) is 4. The fraction of sp³-hybridized carbons (Fsp3) is 0.417. The summed E-state index contributed by atoms with van der Waals surface area (Å²) in [6.45, 7) is 0.689. The van der Waals surface area contributed by atoms with Crippen LogP contribution in [0.2, 0.25) is 5.02 Å². The van der Waals surface area contributed by atoms with E-state index in [-0.39, 0.29) is 17.2 Å². The summed E-state index contributed by atoms with van der Waals surface area (Å²) >= 11 is 5.83. The standard InChI is InChI=1S/C12H16ClNO4/c1-18-7-8(15)5-6-14-10-4-2-3-9(13)11(10)12(16)17/h2-4,8,14-15H,5-7H2,1H3,(H,16,17). The van der Waals surface area contributed by atoms with E-state index in [1.54, 1.807) is 12.1 Å². The van der Waals surface area contributed by atoms with Crippen LogP contribution in [0.15, 0.2) is 18.2 Å². The maximum Gasteiger partial charge on any atom is 0.339 e. The van der Waals surface area contributed by atoms with Gasteiger partial charge in [-0.15, -0.1) is 0 Å². The Morgan fingerprint density at radius 3 is 2.89 bits per heavy atom. The first-order valence-electron chi connectivity index (χ1n) is 5.49. The number of anilines is 1. The molecular weight excluding hydrogens is 258 g/mol. The van der Waals surface area contributed by atoms with Gasteiger partial charge >= 0.3 is 5.97 Å². The van der Waals surface area contributed by atoms with Crippen LogP contribution in [-0.4, -0.2) is 42.5 Å². The molecule has 0 aromatic heterocycles. The van der Waals surface area contributed by atoms with Gasteiger partial charge in [0.15, 0.2) is 0 Å². The summed E-state index contributed by atoms with van der Waals surface area (Å²) in [5.74, 6) is -1.08. The van der Waals surface area contributed by atoms with Crippen LogP contribution in [0.1, 0.15) is 16.8 Å². The van der Waals surface area contributed by atoms with Crippen molar-refractivity contribution in [2.75, 3.05) is 25.6 Å². The molecule has 3 N–H and O–H groups in total. The second-order valence-corrected chi connectivity index (χ2v) is 4.20. The highest BCUT2D eigenvalue weighted by molar-refractivity contribution is 6.34. The van der Waals surface area contributed by atoms with Crippen molar-refractivity contribution < 1.29 is 19.7 Å². The number of aromatic carboxylic acids is 1. The summed E-state index contributed by atoms with van der Waals surface area (Å²) in [5.41, 5.74) is 0.486. The van der Waals surface area contributed by atoms with Crippen LogP contribution in [0.3, 0.4) is 0 Å². The number of rotatable bonds is 7. The first-order valence-corrected chi connectivity index (χ1v) is 5.86. The molecule has 1 aromatic rings. The smallest absolute Gasteiger partial charge is 0.339 e. The van der Waals surface area contributed by atoms with E-state index < -0.39 is 12.1 Å². The number of halogens is 1. The number of carboxylic acid groups (broad SMARTS) is 1. The number of aliphatic hydroxyl groups is 1. The monoisotopic (exact) mass is 273 g/mol. The molecule has 0 fully saturated rings. The van der Waals surface area contributed by atoms with Crippen LogP contribution in [-0.2, 0) is 4.74 Å². The molecule has 18 heavy (non-hydrogen) atoms. The minimum atomic E-state index is -1.08. The SMILES string of the molecule is COCC(O)CCNc1cccc(Cl)c1C(=O)O. The molecule has 0 heterocycles. The summed E-state index contributed by atoms with van der Waals surface area (Å²) in [6, 6.07) is 4.83. The Hall–Kier alpha value is -1.30. The summed E-state index contributed by atoms with van der Waals surface area (Å²) < 4.78 is 4.79. The van der Waals surface area contributed by atoms with Crippen molar-refractivity contribution in [2.45, 2.75) is 12.5 Å². The zero-order valence-corrected chi connectivity index (χ0v) is 10.8. The Balaban J connectivity index is 2.62. The zero-order chi connectivity index (χ0) is 13.5. The molecular formula is C12H16ClNO4. The van der Waals surface area contributed by atoms with E-state index in [0.29, 0.717) is 18.7 Å². The third-order valence-corrected chi connectivity index (χ3v) is 2.69. The van der Waals surface area contributed by atoms with Gasteiger partial charge in [0.1, 0.15) is 5.56 Å². The third-order valence-electron chi connectivity index (χ3n) is 2.38. The molecule has 5 nitrogen and oxygen atoms in total. The number of hydrogen-bond donors (Lipinski definition) is 3. The largest absolute Gasteiger partial charge is 0.478 e. The molecule has 0 aliphatic rings. The van der Waals surface area contributed by atoms with Crippen LogP contribution < -0.4 is 5.32 Å². The lowest BCUT2D eigenvalue weighted by Gasteiger charge is -2.13. The van der Waals surface area contributed by atoms with Crippen molar-refractivity contribution >= 4 is 23.3 Å². The lowest BCUT2D eigenvalue weighted by molar-refractivity contribution is 0.0615.